The van der Waals surface area contributed by atoms with Crippen LogP contribution in [0.3, 0.4) is 0 Å². The molecule has 2 N–H and O–H groups in total. The molecule has 5 nitrogen and oxygen atoms in total. The van der Waals surface area contributed by atoms with Crippen LogP contribution in [-0.2, 0) is 14.6 Å². The number of fused-ring (bicyclic) bond motifs is 5. The maximum atomic E-state index is 11.3. The average molecular weight is 508 g/mol. The molecule has 1 radical (unpaired) electrons. The van der Waals surface area contributed by atoms with Gasteiger partial charge in [0.15, 0.2) is 0 Å². The van der Waals surface area contributed by atoms with Crippen LogP contribution < -0.4 is 0 Å². The predicted octanol–water partition coefficient (Wildman–Crippen LogP) is 5.89. The van der Waals surface area contributed by atoms with Crippen LogP contribution in [0.5, 0.6) is 0 Å². The first kappa shape index (κ1) is 29.4. The van der Waals surface area contributed by atoms with E-state index in [9.17, 15) is 13.5 Å². The van der Waals surface area contributed by atoms with E-state index < -0.39 is 22.6 Å². The van der Waals surface area contributed by atoms with Gasteiger partial charge in [0.05, 0.1) is 12.2 Å². The van der Waals surface area contributed by atoms with Crippen molar-refractivity contribution in [2.24, 2.45) is 52.3 Å². The maximum Gasteiger partial charge on any atom is 0.397 e. The van der Waals surface area contributed by atoms with Gasteiger partial charge in [-0.3, -0.25) is 4.55 Å². The second-order valence-corrected chi connectivity index (χ2v) is 14.3. The standard InChI is InChI=1S/C27H48O5S.Na/c1-17(2)7-6-8-18(3)21-9-10-22-20-16-25(28)24-15-19(32-33(29,30)31)11-13-27(24,5)23(20)12-14-26(21,22)4;/h17-25,28H,6-16H2,1-5H3,(H,29,30,31);/t18-,19+,20+,21?,22?,23?,24?,25?,26-,27-;/m1./s1. The molecular formula is C27H48NaO5S. The van der Waals surface area contributed by atoms with Crippen molar-refractivity contribution < 1.29 is 22.3 Å². The molecule has 4 aliphatic rings. The van der Waals surface area contributed by atoms with E-state index in [0.717, 1.165) is 30.6 Å². The van der Waals surface area contributed by atoms with E-state index in [1.54, 1.807) is 0 Å². The van der Waals surface area contributed by atoms with Gasteiger partial charge in [0.2, 0.25) is 0 Å². The van der Waals surface area contributed by atoms with Crippen molar-refractivity contribution >= 4 is 40.0 Å². The number of rotatable bonds is 7. The van der Waals surface area contributed by atoms with E-state index >= 15 is 0 Å². The Morgan fingerprint density at radius 2 is 1.56 bits per heavy atom. The fraction of sp³-hybridized carbons (Fsp3) is 1.00. The van der Waals surface area contributed by atoms with Crippen molar-refractivity contribution in [2.75, 3.05) is 0 Å². The number of hydrogen-bond donors (Lipinski definition) is 2. The van der Waals surface area contributed by atoms with E-state index in [0.29, 0.717) is 36.0 Å². The van der Waals surface area contributed by atoms with Gasteiger partial charge in [-0.25, -0.2) is 4.18 Å². The quantitative estimate of drug-likeness (QED) is 0.332. The van der Waals surface area contributed by atoms with Crippen molar-refractivity contribution in [2.45, 2.75) is 117 Å². The molecule has 0 heterocycles. The van der Waals surface area contributed by atoms with Gasteiger partial charge in [-0.05, 0) is 104 Å². The Hall–Kier alpha value is 0.830. The molecule has 4 aliphatic carbocycles. The van der Waals surface area contributed by atoms with E-state index in [1.807, 2.05) is 0 Å². The maximum absolute atomic E-state index is 11.3. The van der Waals surface area contributed by atoms with Crippen LogP contribution in [0.4, 0.5) is 0 Å². The van der Waals surface area contributed by atoms with Gasteiger partial charge >= 0.3 is 10.4 Å². The number of hydrogen-bond acceptors (Lipinski definition) is 4. The monoisotopic (exact) mass is 507 g/mol. The SMILES string of the molecule is CC(C)CCC[C@@H](C)C1CCC2[C@@H]3CC(O)C4C[C@@H](OS(=O)(=O)O)CC[C@]4(C)C3CC[C@@]21C.[Na]. The molecule has 0 bridgehead atoms. The van der Waals surface area contributed by atoms with Crippen molar-refractivity contribution in [3.63, 3.8) is 0 Å². The molecule has 4 saturated carbocycles. The van der Waals surface area contributed by atoms with Gasteiger partial charge in [-0.15, -0.1) is 0 Å². The molecule has 0 aromatic carbocycles. The topological polar surface area (TPSA) is 83.8 Å². The molecule has 0 aromatic heterocycles. The smallest absolute Gasteiger partial charge is 0.393 e. The van der Waals surface area contributed by atoms with E-state index in [-0.39, 0.29) is 40.9 Å². The largest absolute Gasteiger partial charge is 0.397 e. The summed E-state index contributed by atoms with van der Waals surface area (Å²) in [5.74, 6) is 4.30. The predicted molar refractivity (Wildman–Crippen MR) is 137 cm³/mol. The first-order valence-corrected chi connectivity index (χ1v) is 15.1. The third kappa shape index (κ3) is 5.63. The zero-order chi connectivity index (χ0) is 24.2. The zero-order valence-corrected chi connectivity index (χ0v) is 25.3. The molecule has 7 heteroatoms. The van der Waals surface area contributed by atoms with Crippen LogP contribution in [0.25, 0.3) is 0 Å². The Morgan fingerprint density at radius 1 is 0.912 bits per heavy atom. The summed E-state index contributed by atoms with van der Waals surface area (Å²) in [4.78, 5) is 0. The van der Waals surface area contributed by atoms with Crippen molar-refractivity contribution in [3.05, 3.63) is 0 Å². The third-order valence-electron chi connectivity index (χ3n) is 11.1. The van der Waals surface area contributed by atoms with Crippen LogP contribution in [0, 0.1) is 52.3 Å². The summed E-state index contributed by atoms with van der Waals surface area (Å²) in [5, 5.41) is 11.3. The van der Waals surface area contributed by atoms with Crippen molar-refractivity contribution in [1.82, 2.24) is 0 Å². The van der Waals surface area contributed by atoms with Crippen molar-refractivity contribution in [1.29, 1.82) is 0 Å². The van der Waals surface area contributed by atoms with E-state index in [4.69, 9.17) is 8.74 Å². The minimum atomic E-state index is -4.45. The molecule has 4 fully saturated rings. The Kier molecular flexibility index (Phi) is 9.42. The zero-order valence-electron chi connectivity index (χ0n) is 22.5. The molecule has 10 atom stereocenters. The third-order valence-corrected chi connectivity index (χ3v) is 11.6. The minimum absolute atomic E-state index is 0. The van der Waals surface area contributed by atoms with Crippen LogP contribution >= 0.6 is 0 Å². The molecule has 0 aliphatic heterocycles. The Morgan fingerprint density at radius 3 is 2.21 bits per heavy atom. The van der Waals surface area contributed by atoms with Crippen LogP contribution in [0.1, 0.15) is 105 Å². The summed E-state index contributed by atoms with van der Waals surface area (Å²) in [5.41, 5.74) is 0.427. The van der Waals surface area contributed by atoms with Gasteiger partial charge < -0.3 is 5.11 Å². The Balaban J connectivity index is 0.00000324. The first-order valence-electron chi connectivity index (χ1n) is 13.7. The summed E-state index contributed by atoms with van der Waals surface area (Å²) in [6, 6.07) is 0. The number of aliphatic hydroxyl groups excluding tert-OH is 1. The van der Waals surface area contributed by atoms with Crippen LogP contribution in [0.15, 0.2) is 0 Å². The fourth-order valence-corrected chi connectivity index (χ4v) is 10.1. The van der Waals surface area contributed by atoms with Gasteiger partial charge in [0.25, 0.3) is 0 Å². The summed E-state index contributed by atoms with van der Waals surface area (Å²) in [7, 11) is -4.45. The molecule has 0 spiro atoms. The molecule has 0 saturated heterocycles. The molecular weight excluding hydrogens is 459 g/mol. The second kappa shape index (κ2) is 10.9. The molecule has 193 valence electrons. The van der Waals surface area contributed by atoms with Gasteiger partial charge in [0, 0.05) is 29.6 Å². The first-order chi connectivity index (χ1) is 15.3. The van der Waals surface area contributed by atoms with Crippen LogP contribution in [0.2, 0.25) is 0 Å². The Bertz CT molecular complexity index is 803. The molecule has 0 amide bonds. The summed E-state index contributed by atoms with van der Waals surface area (Å²) in [6.07, 6.45) is 11.1. The summed E-state index contributed by atoms with van der Waals surface area (Å²) in [6.45, 7) is 12.1. The van der Waals surface area contributed by atoms with Gasteiger partial charge in [0.1, 0.15) is 0 Å². The molecule has 34 heavy (non-hydrogen) atoms. The van der Waals surface area contributed by atoms with Gasteiger partial charge in [-0.1, -0.05) is 53.9 Å². The van der Waals surface area contributed by atoms with Gasteiger partial charge in [-0.2, -0.15) is 8.42 Å². The minimum Gasteiger partial charge on any atom is -0.393 e. The molecule has 4 rings (SSSR count). The summed E-state index contributed by atoms with van der Waals surface area (Å²) < 4.78 is 36.6. The van der Waals surface area contributed by atoms with E-state index in [2.05, 4.69) is 34.6 Å². The Labute approximate surface area is 230 Å². The normalized spacial score (nSPS) is 45.1. The second-order valence-electron chi connectivity index (χ2n) is 13.2. The number of aliphatic hydroxyl groups is 1. The average Bonchev–Trinajstić information content (AvgIpc) is 3.05. The summed E-state index contributed by atoms with van der Waals surface area (Å²) >= 11 is 0. The molecule has 0 aromatic rings. The van der Waals surface area contributed by atoms with Crippen LogP contribution in [-0.4, -0.2) is 59.8 Å². The van der Waals surface area contributed by atoms with Crippen molar-refractivity contribution in [3.8, 4) is 0 Å². The molecule has 5 unspecified atom stereocenters. The van der Waals surface area contributed by atoms with E-state index in [1.165, 1.54) is 44.9 Å². The fourth-order valence-electron chi connectivity index (χ4n) is 9.55.